The average Bonchev–Trinajstić information content (AvgIpc) is 2.84. The summed E-state index contributed by atoms with van der Waals surface area (Å²) in [6.45, 7) is 3.44. The summed E-state index contributed by atoms with van der Waals surface area (Å²) in [5, 5.41) is 9.11. The van der Waals surface area contributed by atoms with E-state index in [0.29, 0.717) is 12.5 Å². The number of aliphatic hydroxyl groups is 1. The third-order valence-electron chi connectivity index (χ3n) is 3.66. The van der Waals surface area contributed by atoms with E-state index in [0.717, 1.165) is 36.9 Å². The van der Waals surface area contributed by atoms with Crippen molar-refractivity contribution in [1.29, 1.82) is 0 Å². The second kappa shape index (κ2) is 6.66. The van der Waals surface area contributed by atoms with E-state index in [4.69, 9.17) is 10.8 Å². The summed E-state index contributed by atoms with van der Waals surface area (Å²) in [5.74, 6) is 0.465. The lowest BCUT2D eigenvalue weighted by Crippen LogP contribution is -2.26. The number of hydrogen-bond acceptors (Lipinski definition) is 3. The molecule has 3 nitrogen and oxygen atoms in total. The SMILES string of the molecule is NC(CCN1CCC(CO)C1)c1cccc(Br)c1. The maximum atomic E-state index is 9.11. The monoisotopic (exact) mass is 312 g/mol. The van der Waals surface area contributed by atoms with Crippen LogP contribution in [0.4, 0.5) is 0 Å². The second-order valence-electron chi connectivity index (χ2n) is 5.09. The van der Waals surface area contributed by atoms with E-state index in [9.17, 15) is 0 Å². The highest BCUT2D eigenvalue weighted by Gasteiger charge is 2.21. The van der Waals surface area contributed by atoms with Gasteiger partial charge in [0.2, 0.25) is 0 Å². The van der Waals surface area contributed by atoms with E-state index >= 15 is 0 Å². The molecule has 1 aliphatic rings. The fraction of sp³-hybridized carbons (Fsp3) is 0.571. The first-order valence-corrected chi connectivity index (χ1v) is 7.32. The number of likely N-dealkylation sites (tertiary alicyclic amines) is 1. The number of hydrogen-bond donors (Lipinski definition) is 2. The lowest BCUT2D eigenvalue weighted by Gasteiger charge is -2.19. The summed E-state index contributed by atoms with van der Waals surface area (Å²) in [6, 6.07) is 8.30. The molecule has 1 heterocycles. The Labute approximate surface area is 117 Å². The first-order valence-electron chi connectivity index (χ1n) is 6.53. The standard InChI is InChI=1S/C14H21BrN2O/c15-13-3-1-2-12(8-13)14(16)5-7-17-6-4-11(9-17)10-18/h1-3,8,11,14,18H,4-7,9-10,16H2. The van der Waals surface area contributed by atoms with E-state index in [1.165, 1.54) is 5.56 Å². The number of rotatable bonds is 5. The zero-order chi connectivity index (χ0) is 13.0. The van der Waals surface area contributed by atoms with Crippen LogP contribution in [0.3, 0.4) is 0 Å². The van der Waals surface area contributed by atoms with Crippen LogP contribution in [0.1, 0.15) is 24.4 Å². The van der Waals surface area contributed by atoms with Gasteiger partial charge in [0, 0.05) is 23.7 Å². The van der Waals surface area contributed by atoms with Gasteiger partial charge in [-0.3, -0.25) is 0 Å². The van der Waals surface area contributed by atoms with E-state index in [1.54, 1.807) is 0 Å². The van der Waals surface area contributed by atoms with Crippen molar-refractivity contribution >= 4 is 15.9 Å². The van der Waals surface area contributed by atoms with Crippen LogP contribution in [-0.4, -0.2) is 36.2 Å². The van der Waals surface area contributed by atoms with Crippen LogP contribution in [-0.2, 0) is 0 Å². The van der Waals surface area contributed by atoms with Crippen molar-refractivity contribution in [2.24, 2.45) is 11.7 Å². The number of aliphatic hydroxyl groups excluding tert-OH is 1. The Morgan fingerprint density at radius 1 is 1.50 bits per heavy atom. The summed E-state index contributed by atoms with van der Waals surface area (Å²) >= 11 is 3.47. The van der Waals surface area contributed by atoms with E-state index in [2.05, 4.69) is 33.0 Å². The number of nitrogens with zero attached hydrogens (tertiary/aromatic N) is 1. The minimum absolute atomic E-state index is 0.0932. The molecule has 4 heteroatoms. The van der Waals surface area contributed by atoms with Crippen LogP contribution in [0.2, 0.25) is 0 Å². The maximum Gasteiger partial charge on any atom is 0.0471 e. The molecule has 0 amide bonds. The number of halogens is 1. The Morgan fingerprint density at radius 3 is 3.00 bits per heavy atom. The smallest absolute Gasteiger partial charge is 0.0471 e. The maximum absolute atomic E-state index is 9.11. The fourth-order valence-electron chi connectivity index (χ4n) is 2.49. The zero-order valence-corrected chi connectivity index (χ0v) is 12.1. The summed E-state index contributed by atoms with van der Waals surface area (Å²) in [6.07, 6.45) is 2.08. The van der Waals surface area contributed by atoms with Crippen molar-refractivity contribution in [3.63, 3.8) is 0 Å². The topological polar surface area (TPSA) is 49.5 Å². The molecule has 2 rings (SSSR count). The molecule has 1 fully saturated rings. The highest BCUT2D eigenvalue weighted by Crippen LogP contribution is 2.21. The van der Waals surface area contributed by atoms with Gasteiger partial charge < -0.3 is 15.7 Å². The zero-order valence-electron chi connectivity index (χ0n) is 10.6. The third-order valence-corrected chi connectivity index (χ3v) is 4.15. The fourth-order valence-corrected chi connectivity index (χ4v) is 2.91. The lowest BCUT2D eigenvalue weighted by molar-refractivity contribution is 0.220. The van der Waals surface area contributed by atoms with Gasteiger partial charge in [0.25, 0.3) is 0 Å². The van der Waals surface area contributed by atoms with Gasteiger partial charge in [0.05, 0.1) is 0 Å². The van der Waals surface area contributed by atoms with Crippen molar-refractivity contribution in [2.75, 3.05) is 26.2 Å². The Kier molecular flexibility index (Phi) is 5.18. The Bertz CT molecular complexity index is 386. The molecular weight excluding hydrogens is 292 g/mol. The summed E-state index contributed by atoms with van der Waals surface area (Å²) < 4.78 is 1.08. The quantitative estimate of drug-likeness (QED) is 0.876. The van der Waals surface area contributed by atoms with E-state index in [-0.39, 0.29) is 6.04 Å². The van der Waals surface area contributed by atoms with Crippen molar-refractivity contribution in [3.8, 4) is 0 Å². The lowest BCUT2D eigenvalue weighted by atomic mass is 10.0. The molecule has 2 unspecified atom stereocenters. The molecule has 100 valence electrons. The van der Waals surface area contributed by atoms with E-state index in [1.807, 2.05) is 12.1 Å². The minimum Gasteiger partial charge on any atom is -0.396 e. The third kappa shape index (κ3) is 3.79. The summed E-state index contributed by atoms with van der Waals surface area (Å²) in [4.78, 5) is 2.40. The molecule has 0 bridgehead atoms. The average molecular weight is 313 g/mol. The molecule has 2 atom stereocenters. The van der Waals surface area contributed by atoms with Crippen LogP contribution in [0.15, 0.2) is 28.7 Å². The van der Waals surface area contributed by atoms with Gasteiger partial charge in [-0.15, -0.1) is 0 Å². The molecular formula is C14H21BrN2O. The molecule has 0 aliphatic carbocycles. The molecule has 1 aliphatic heterocycles. The van der Waals surface area contributed by atoms with Crippen molar-refractivity contribution in [1.82, 2.24) is 4.90 Å². The highest BCUT2D eigenvalue weighted by atomic mass is 79.9. The van der Waals surface area contributed by atoms with Crippen LogP contribution < -0.4 is 5.73 Å². The largest absolute Gasteiger partial charge is 0.396 e. The summed E-state index contributed by atoms with van der Waals surface area (Å²) in [7, 11) is 0. The van der Waals surface area contributed by atoms with Crippen LogP contribution in [0.5, 0.6) is 0 Å². The normalized spacial score (nSPS) is 22.3. The Hall–Kier alpha value is -0.420. The highest BCUT2D eigenvalue weighted by molar-refractivity contribution is 9.10. The molecule has 1 aromatic rings. The van der Waals surface area contributed by atoms with Gasteiger partial charge in [-0.1, -0.05) is 28.1 Å². The van der Waals surface area contributed by atoms with Gasteiger partial charge >= 0.3 is 0 Å². The first kappa shape index (κ1) is 14.0. The Balaban J connectivity index is 1.80. The molecule has 3 N–H and O–H groups in total. The van der Waals surface area contributed by atoms with Crippen molar-refractivity contribution in [3.05, 3.63) is 34.3 Å². The van der Waals surface area contributed by atoms with Gasteiger partial charge in [0.15, 0.2) is 0 Å². The number of nitrogens with two attached hydrogens (primary N) is 1. The van der Waals surface area contributed by atoms with Crippen molar-refractivity contribution < 1.29 is 5.11 Å². The predicted octanol–water partition coefficient (Wildman–Crippen LogP) is 2.15. The van der Waals surface area contributed by atoms with Crippen LogP contribution in [0.25, 0.3) is 0 Å². The first-order chi connectivity index (χ1) is 8.69. The molecule has 0 spiro atoms. The second-order valence-corrected chi connectivity index (χ2v) is 6.00. The molecule has 0 radical (unpaired) electrons. The minimum atomic E-state index is 0.0932. The number of benzene rings is 1. The molecule has 0 saturated carbocycles. The van der Waals surface area contributed by atoms with Gasteiger partial charge in [-0.2, -0.15) is 0 Å². The predicted molar refractivity (Wildman–Crippen MR) is 77.3 cm³/mol. The Morgan fingerprint density at radius 2 is 2.33 bits per heavy atom. The molecule has 0 aromatic heterocycles. The van der Waals surface area contributed by atoms with Crippen LogP contribution >= 0.6 is 15.9 Å². The van der Waals surface area contributed by atoms with Crippen LogP contribution in [0, 0.1) is 5.92 Å². The molecule has 1 saturated heterocycles. The van der Waals surface area contributed by atoms with Gasteiger partial charge in [-0.25, -0.2) is 0 Å². The van der Waals surface area contributed by atoms with Crippen molar-refractivity contribution in [2.45, 2.75) is 18.9 Å². The molecule has 1 aromatic carbocycles. The molecule has 18 heavy (non-hydrogen) atoms. The van der Waals surface area contributed by atoms with E-state index < -0.39 is 0 Å². The summed E-state index contributed by atoms with van der Waals surface area (Å²) in [5.41, 5.74) is 7.39. The van der Waals surface area contributed by atoms with Gasteiger partial charge in [-0.05, 0) is 49.5 Å². The van der Waals surface area contributed by atoms with Gasteiger partial charge in [0.1, 0.15) is 0 Å².